The molecule has 0 aromatic heterocycles. The standard InChI is InChI=1S/C48H48BN3/c1-44(2,3)31-23-29(27-50)42-37(25-31)47(9,10)38-26-32(45(4,5)6)24-30(28-51)43(38)52(42)49-39-21-15-14-19-35(39)48(11)34-18-13-12-17-33(34)46(7,8)36-20-16-22-40(49)41(36)48/h12-26H,1-11H3. The Balaban J connectivity index is 1.56. The molecule has 0 radical (unpaired) electrons. The lowest BCUT2D eigenvalue weighted by molar-refractivity contribution is 0.544. The van der Waals surface area contributed by atoms with Crippen LogP contribution in [0.4, 0.5) is 11.4 Å². The molecular weight excluding hydrogens is 629 g/mol. The summed E-state index contributed by atoms with van der Waals surface area (Å²) >= 11 is 0. The van der Waals surface area contributed by atoms with Crippen molar-refractivity contribution in [2.45, 2.75) is 103 Å². The van der Waals surface area contributed by atoms with Crippen LogP contribution in [0.1, 0.15) is 137 Å². The highest BCUT2D eigenvalue weighted by Crippen LogP contribution is 2.57. The van der Waals surface area contributed by atoms with E-state index in [0.717, 1.165) is 33.6 Å². The van der Waals surface area contributed by atoms with E-state index in [2.05, 4.69) is 184 Å². The van der Waals surface area contributed by atoms with E-state index in [4.69, 9.17) is 0 Å². The number of anilines is 2. The number of rotatable bonds is 1. The molecule has 0 spiro atoms. The van der Waals surface area contributed by atoms with Crippen LogP contribution in [0.2, 0.25) is 0 Å². The Morgan fingerprint density at radius 1 is 0.519 bits per heavy atom. The van der Waals surface area contributed by atoms with Gasteiger partial charge in [0, 0.05) is 16.2 Å². The van der Waals surface area contributed by atoms with E-state index in [9.17, 15) is 10.5 Å². The highest BCUT2D eigenvalue weighted by molar-refractivity contribution is 6.90. The van der Waals surface area contributed by atoms with E-state index >= 15 is 0 Å². The first kappa shape index (κ1) is 34.1. The first-order valence-electron chi connectivity index (χ1n) is 18.7. The topological polar surface area (TPSA) is 50.8 Å². The Labute approximate surface area is 311 Å². The number of hydrogen-bond donors (Lipinski definition) is 0. The third kappa shape index (κ3) is 4.37. The molecule has 0 bridgehead atoms. The normalized spacial score (nSPS) is 18.9. The van der Waals surface area contributed by atoms with Crippen molar-refractivity contribution >= 4 is 29.1 Å². The van der Waals surface area contributed by atoms with Crippen LogP contribution >= 0.6 is 0 Å². The molecule has 0 saturated heterocycles. The minimum Gasteiger partial charge on any atom is -0.374 e. The predicted octanol–water partition coefficient (Wildman–Crippen LogP) is 9.92. The maximum absolute atomic E-state index is 11.1. The lowest BCUT2D eigenvalue weighted by atomic mass is 9.37. The van der Waals surface area contributed by atoms with Crippen molar-refractivity contribution < 1.29 is 0 Å². The zero-order valence-electron chi connectivity index (χ0n) is 32.6. The second-order valence-electron chi connectivity index (χ2n) is 18.6. The minimum atomic E-state index is -0.485. The van der Waals surface area contributed by atoms with Crippen molar-refractivity contribution in [1.82, 2.24) is 0 Å². The van der Waals surface area contributed by atoms with Gasteiger partial charge in [-0.05, 0) is 90.9 Å². The number of hydrogen-bond acceptors (Lipinski definition) is 3. The summed E-state index contributed by atoms with van der Waals surface area (Å²) in [5.41, 5.74) is 15.3. The van der Waals surface area contributed by atoms with E-state index in [-0.39, 0.29) is 23.1 Å². The van der Waals surface area contributed by atoms with Gasteiger partial charge in [-0.1, -0.05) is 148 Å². The maximum atomic E-state index is 11.1. The average Bonchev–Trinajstić information content (AvgIpc) is 3.10. The van der Waals surface area contributed by atoms with Crippen molar-refractivity contribution in [2.75, 3.05) is 4.81 Å². The van der Waals surface area contributed by atoms with Gasteiger partial charge in [0.2, 0.25) is 0 Å². The highest BCUT2D eigenvalue weighted by atomic mass is 15.1. The summed E-state index contributed by atoms with van der Waals surface area (Å²) in [5.74, 6) is 0. The summed E-state index contributed by atoms with van der Waals surface area (Å²) in [4.78, 5) is 2.41. The zero-order chi connectivity index (χ0) is 37.3. The van der Waals surface area contributed by atoms with Gasteiger partial charge in [0.1, 0.15) is 12.1 Å². The molecule has 5 aromatic carbocycles. The molecule has 2 heterocycles. The van der Waals surface area contributed by atoms with Crippen molar-refractivity contribution in [2.24, 2.45) is 0 Å². The molecule has 8 rings (SSSR count). The second kappa shape index (κ2) is 10.7. The molecule has 3 aliphatic rings. The molecule has 1 atom stereocenters. The van der Waals surface area contributed by atoms with E-state index in [1.807, 2.05) is 0 Å². The van der Waals surface area contributed by atoms with Crippen molar-refractivity contribution in [3.05, 3.63) is 152 Å². The van der Waals surface area contributed by atoms with E-state index < -0.39 is 10.8 Å². The second-order valence-corrected chi connectivity index (χ2v) is 18.6. The van der Waals surface area contributed by atoms with E-state index in [1.165, 1.54) is 38.7 Å². The highest BCUT2D eigenvalue weighted by Gasteiger charge is 2.54. The quantitative estimate of drug-likeness (QED) is 0.166. The molecular formula is C48H48BN3. The van der Waals surface area contributed by atoms with Crippen LogP contribution in [0.5, 0.6) is 0 Å². The molecule has 0 N–H and O–H groups in total. The summed E-state index contributed by atoms with van der Waals surface area (Å²) in [5, 5.41) is 22.2. The molecule has 1 aliphatic carbocycles. The van der Waals surface area contributed by atoms with Crippen molar-refractivity contribution in [3.8, 4) is 12.1 Å². The Bertz CT molecular complexity index is 2350. The van der Waals surface area contributed by atoms with Gasteiger partial charge in [-0.15, -0.1) is 0 Å². The van der Waals surface area contributed by atoms with Crippen LogP contribution in [-0.4, -0.2) is 6.85 Å². The molecule has 0 saturated carbocycles. The first-order chi connectivity index (χ1) is 24.4. The summed E-state index contributed by atoms with van der Waals surface area (Å²) in [6, 6.07) is 39.0. The average molecular weight is 678 g/mol. The molecule has 0 amide bonds. The fourth-order valence-corrected chi connectivity index (χ4v) is 9.83. The number of benzene rings is 5. The van der Waals surface area contributed by atoms with Gasteiger partial charge in [0.25, 0.3) is 0 Å². The molecule has 0 fully saturated rings. The van der Waals surface area contributed by atoms with Gasteiger partial charge < -0.3 is 4.81 Å². The van der Waals surface area contributed by atoms with Crippen LogP contribution in [0.15, 0.2) is 91.0 Å². The SMILES string of the molecule is CC(C)(C)c1cc(C#N)c2c(c1)C(C)(C)c1cc(C(C)(C)C)cc(C#N)c1N2B1c2ccccc2C2(C)c3ccccc3C(C)(C)c3cccc1c32. The van der Waals surface area contributed by atoms with Gasteiger partial charge >= 0.3 is 6.85 Å². The minimum absolute atomic E-state index is 0.163. The van der Waals surface area contributed by atoms with Crippen molar-refractivity contribution in [1.29, 1.82) is 10.5 Å². The Morgan fingerprint density at radius 3 is 1.48 bits per heavy atom. The molecule has 4 heteroatoms. The van der Waals surface area contributed by atoms with Crippen LogP contribution in [-0.2, 0) is 27.1 Å². The molecule has 258 valence electrons. The summed E-state index contributed by atoms with van der Waals surface area (Å²) in [6.45, 7) is 24.7. The van der Waals surface area contributed by atoms with Gasteiger partial charge in [-0.3, -0.25) is 0 Å². The monoisotopic (exact) mass is 677 g/mol. The van der Waals surface area contributed by atoms with Gasteiger partial charge in [0.15, 0.2) is 0 Å². The fourth-order valence-electron chi connectivity index (χ4n) is 9.83. The molecule has 52 heavy (non-hydrogen) atoms. The largest absolute Gasteiger partial charge is 0.374 e. The Hall–Kier alpha value is -5.06. The summed E-state index contributed by atoms with van der Waals surface area (Å²) in [6.07, 6.45) is 0. The van der Waals surface area contributed by atoms with Gasteiger partial charge in [0.05, 0.1) is 22.5 Å². The fraction of sp³-hybridized carbons (Fsp3) is 0.333. The van der Waals surface area contributed by atoms with E-state index in [1.54, 1.807) is 0 Å². The third-order valence-corrected chi connectivity index (χ3v) is 12.8. The molecule has 5 aromatic rings. The molecule has 2 aliphatic heterocycles. The first-order valence-corrected chi connectivity index (χ1v) is 18.7. The zero-order valence-corrected chi connectivity index (χ0v) is 32.6. The van der Waals surface area contributed by atoms with Crippen LogP contribution in [0.25, 0.3) is 0 Å². The summed E-state index contributed by atoms with van der Waals surface area (Å²) in [7, 11) is 0. The van der Waals surface area contributed by atoms with E-state index in [0.29, 0.717) is 11.1 Å². The Morgan fingerprint density at radius 2 is 0.962 bits per heavy atom. The molecule has 3 nitrogen and oxygen atoms in total. The predicted molar refractivity (Wildman–Crippen MR) is 216 cm³/mol. The number of nitrogens with zero attached hydrogens (tertiary/aromatic N) is 3. The maximum Gasteiger partial charge on any atom is 0.328 e. The van der Waals surface area contributed by atoms with Gasteiger partial charge in [-0.2, -0.15) is 10.5 Å². The number of fused-ring (bicyclic) bond motifs is 6. The van der Waals surface area contributed by atoms with Crippen LogP contribution < -0.4 is 15.7 Å². The lowest BCUT2D eigenvalue weighted by Gasteiger charge is -2.53. The Kier molecular flexibility index (Phi) is 7.04. The van der Waals surface area contributed by atoms with Gasteiger partial charge in [-0.25, -0.2) is 0 Å². The van der Waals surface area contributed by atoms with Crippen LogP contribution in [0.3, 0.4) is 0 Å². The third-order valence-electron chi connectivity index (χ3n) is 12.8. The summed E-state index contributed by atoms with van der Waals surface area (Å²) < 4.78 is 0. The van der Waals surface area contributed by atoms with Crippen LogP contribution in [0, 0.1) is 22.7 Å². The smallest absolute Gasteiger partial charge is 0.328 e. The lowest BCUT2D eigenvalue weighted by Crippen LogP contribution is -2.65. The van der Waals surface area contributed by atoms with Crippen molar-refractivity contribution in [3.63, 3.8) is 0 Å². The number of nitriles is 2. The molecule has 1 unspecified atom stereocenters.